The third kappa shape index (κ3) is 10.2. The van der Waals surface area contributed by atoms with E-state index in [1.165, 1.54) is 30.3 Å². The summed E-state index contributed by atoms with van der Waals surface area (Å²) in [6.07, 6.45) is -8.08. The highest BCUT2D eigenvalue weighted by molar-refractivity contribution is 7.09. The molecule has 4 heterocycles. The Morgan fingerprint density at radius 1 is 0.921 bits per heavy atom. The monoisotopic (exact) mass is 574 g/mol. The van der Waals surface area contributed by atoms with Gasteiger partial charge in [-0.25, -0.2) is 19.6 Å². The minimum atomic E-state index is -5.08. The zero-order chi connectivity index (χ0) is 28.7. The molecule has 0 atom stereocenters. The van der Waals surface area contributed by atoms with E-state index in [2.05, 4.69) is 49.8 Å². The number of likely N-dealkylation sites (N-methyl/N-ethyl adjacent to an activating group) is 1. The van der Waals surface area contributed by atoms with Crippen molar-refractivity contribution in [1.82, 2.24) is 29.2 Å². The van der Waals surface area contributed by atoms with Crippen LogP contribution in [0.3, 0.4) is 0 Å². The Balaban J connectivity index is 0.000000301. The molecule has 2 aliphatic heterocycles. The van der Waals surface area contributed by atoms with Gasteiger partial charge >= 0.3 is 24.3 Å². The maximum Gasteiger partial charge on any atom is 0.490 e. The fourth-order valence-electron chi connectivity index (χ4n) is 3.58. The molecule has 0 unspecified atom stereocenters. The van der Waals surface area contributed by atoms with Crippen molar-refractivity contribution >= 4 is 23.3 Å². The predicted octanol–water partition coefficient (Wildman–Crippen LogP) is 2.68. The van der Waals surface area contributed by atoms with Crippen LogP contribution in [0, 0.1) is 6.92 Å². The number of imidazole rings is 1. The third-order valence-corrected chi connectivity index (χ3v) is 6.37. The molecule has 2 aliphatic rings. The SMILES string of the molecule is Cc1nc(CN2CCn3c(CN4CCN(C)CC4)cnc3C2)cs1.O=C(O)C(F)(F)F.O=C(O)C(F)(F)F. The van der Waals surface area contributed by atoms with Crippen LogP contribution >= 0.6 is 11.3 Å². The van der Waals surface area contributed by atoms with Crippen molar-refractivity contribution in [2.75, 3.05) is 39.8 Å². The fourth-order valence-corrected chi connectivity index (χ4v) is 4.18. The molecule has 2 aromatic rings. The van der Waals surface area contributed by atoms with Crippen molar-refractivity contribution in [1.29, 1.82) is 0 Å². The molecule has 214 valence electrons. The number of aryl methyl sites for hydroxylation is 1. The average molecular weight is 575 g/mol. The van der Waals surface area contributed by atoms with Crippen LogP contribution in [-0.2, 0) is 35.8 Å². The van der Waals surface area contributed by atoms with E-state index in [0.717, 1.165) is 50.8 Å². The zero-order valence-corrected chi connectivity index (χ0v) is 21.4. The van der Waals surface area contributed by atoms with Crippen molar-refractivity contribution < 1.29 is 46.1 Å². The molecular weight excluding hydrogens is 546 g/mol. The van der Waals surface area contributed by atoms with Gasteiger partial charge in [0.15, 0.2) is 0 Å². The second kappa shape index (κ2) is 13.3. The van der Waals surface area contributed by atoms with Gasteiger partial charge in [-0.05, 0) is 14.0 Å². The number of hydrogen-bond acceptors (Lipinski definition) is 8. The number of aliphatic carboxylic acids is 2. The van der Waals surface area contributed by atoms with Crippen LogP contribution in [0.4, 0.5) is 26.3 Å². The minimum absolute atomic E-state index is 0.930. The lowest BCUT2D eigenvalue weighted by Crippen LogP contribution is -2.44. The molecule has 0 aromatic carbocycles. The first-order valence-electron chi connectivity index (χ1n) is 11.2. The van der Waals surface area contributed by atoms with E-state index in [-0.39, 0.29) is 0 Å². The van der Waals surface area contributed by atoms with Crippen molar-refractivity contribution in [2.45, 2.75) is 45.5 Å². The van der Waals surface area contributed by atoms with Gasteiger partial charge in [0.25, 0.3) is 0 Å². The van der Waals surface area contributed by atoms with E-state index in [1.54, 1.807) is 11.3 Å². The quantitative estimate of drug-likeness (QED) is 0.532. The zero-order valence-electron chi connectivity index (χ0n) is 20.6. The molecule has 17 heteroatoms. The Morgan fingerprint density at radius 2 is 1.45 bits per heavy atom. The molecule has 0 radical (unpaired) electrons. The number of carboxylic acids is 2. The summed E-state index contributed by atoms with van der Waals surface area (Å²) in [5.74, 6) is -4.31. The molecule has 10 nitrogen and oxygen atoms in total. The highest BCUT2D eigenvalue weighted by Crippen LogP contribution is 2.19. The first kappa shape index (κ1) is 31.5. The van der Waals surface area contributed by atoms with Gasteiger partial charge in [0.05, 0.1) is 22.9 Å². The molecule has 0 aliphatic carbocycles. The highest BCUT2D eigenvalue weighted by Gasteiger charge is 2.38. The van der Waals surface area contributed by atoms with Gasteiger partial charge in [-0.1, -0.05) is 0 Å². The van der Waals surface area contributed by atoms with Crippen LogP contribution in [0.2, 0.25) is 0 Å². The molecule has 38 heavy (non-hydrogen) atoms. The number of alkyl halides is 6. The Morgan fingerprint density at radius 3 is 1.92 bits per heavy atom. The summed E-state index contributed by atoms with van der Waals surface area (Å²) in [7, 11) is 2.20. The Bertz CT molecular complexity index is 1040. The number of carboxylic acid groups (broad SMARTS) is 2. The number of nitrogens with zero attached hydrogens (tertiary/aromatic N) is 6. The lowest BCUT2D eigenvalue weighted by molar-refractivity contribution is -0.193. The summed E-state index contributed by atoms with van der Waals surface area (Å²) < 4.78 is 65.9. The number of hydrogen-bond donors (Lipinski definition) is 2. The van der Waals surface area contributed by atoms with Crippen molar-refractivity contribution in [3.63, 3.8) is 0 Å². The van der Waals surface area contributed by atoms with E-state index in [4.69, 9.17) is 24.8 Å². The van der Waals surface area contributed by atoms with Crippen LogP contribution in [0.25, 0.3) is 0 Å². The summed E-state index contributed by atoms with van der Waals surface area (Å²) in [6.45, 7) is 11.7. The van der Waals surface area contributed by atoms with E-state index >= 15 is 0 Å². The lowest BCUT2D eigenvalue weighted by Gasteiger charge is -2.33. The van der Waals surface area contributed by atoms with Crippen LogP contribution < -0.4 is 0 Å². The van der Waals surface area contributed by atoms with E-state index in [1.807, 2.05) is 0 Å². The van der Waals surface area contributed by atoms with Gasteiger partial charge in [-0.3, -0.25) is 9.80 Å². The van der Waals surface area contributed by atoms with Gasteiger partial charge in [0.1, 0.15) is 5.82 Å². The largest absolute Gasteiger partial charge is 0.490 e. The molecule has 2 N–H and O–H groups in total. The first-order chi connectivity index (χ1) is 17.6. The third-order valence-electron chi connectivity index (χ3n) is 5.54. The molecule has 2 aromatic heterocycles. The van der Waals surface area contributed by atoms with Crippen LogP contribution in [0.5, 0.6) is 0 Å². The summed E-state index contributed by atoms with van der Waals surface area (Å²) in [5.41, 5.74) is 2.56. The average Bonchev–Trinajstić information content (AvgIpc) is 3.40. The standard InChI is InChI=1S/C17H26N6S.2C2HF3O2/c1-14-19-15(13-24-14)10-22-7-8-23-16(9-18-17(23)12-22)11-21-5-3-20(2)4-6-21;2*3-2(4,5)1(6)7/h9,13H,3-8,10-12H2,1-2H3;2*(H,6,7). The van der Waals surface area contributed by atoms with Crippen LogP contribution in [0.15, 0.2) is 11.6 Å². The van der Waals surface area contributed by atoms with Crippen LogP contribution in [0.1, 0.15) is 22.2 Å². The van der Waals surface area contributed by atoms with Gasteiger partial charge in [-0.2, -0.15) is 26.3 Å². The van der Waals surface area contributed by atoms with Crippen molar-refractivity contribution in [3.05, 3.63) is 33.8 Å². The minimum Gasteiger partial charge on any atom is -0.475 e. The number of thiazole rings is 1. The summed E-state index contributed by atoms with van der Waals surface area (Å²) in [6, 6.07) is 0. The topological polar surface area (TPSA) is 115 Å². The smallest absolute Gasteiger partial charge is 0.475 e. The number of fused-ring (bicyclic) bond motifs is 1. The van der Waals surface area contributed by atoms with Crippen LogP contribution in [-0.4, -0.2) is 104 Å². The number of carbonyl (C=O) groups is 2. The summed E-state index contributed by atoms with van der Waals surface area (Å²) in [4.78, 5) is 34.5. The molecule has 0 spiro atoms. The Kier molecular flexibility index (Phi) is 11.0. The second-order valence-electron chi connectivity index (χ2n) is 8.57. The van der Waals surface area contributed by atoms with E-state index in [9.17, 15) is 26.3 Å². The fraction of sp³-hybridized carbons (Fsp3) is 0.619. The van der Waals surface area contributed by atoms with Gasteiger partial charge in [0, 0.05) is 63.9 Å². The van der Waals surface area contributed by atoms with E-state index in [0.29, 0.717) is 0 Å². The molecule has 1 saturated heterocycles. The molecule has 0 bridgehead atoms. The Labute approximate surface area is 218 Å². The summed E-state index contributed by atoms with van der Waals surface area (Å²) >= 11 is 1.73. The van der Waals surface area contributed by atoms with Gasteiger partial charge in [-0.15, -0.1) is 11.3 Å². The van der Waals surface area contributed by atoms with Gasteiger partial charge in [0.2, 0.25) is 0 Å². The van der Waals surface area contributed by atoms with Gasteiger partial charge < -0.3 is 19.7 Å². The number of piperazine rings is 1. The number of rotatable bonds is 4. The molecular formula is C21H28F6N6O4S. The highest BCUT2D eigenvalue weighted by atomic mass is 32.1. The molecule has 1 fully saturated rings. The van der Waals surface area contributed by atoms with E-state index < -0.39 is 24.3 Å². The number of halogens is 6. The molecule has 0 amide bonds. The number of aromatic nitrogens is 3. The summed E-state index contributed by atoms with van der Waals surface area (Å²) in [5, 5.41) is 17.6. The Hall–Kier alpha value is -2.76. The maximum absolute atomic E-state index is 10.6. The first-order valence-corrected chi connectivity index (χ1v) is 12.1. The van der Waals surface area contributed by atoms with Crippen molar-refractivity contribution in [2.24, 2.45) is 0 Å². The van der Waals surface area contributed by atoms with Crippen molar-refractivity contribution in [3.8, 4) is 0 Å². The molecule has 0 saturated carbocycles. The lowest BCUT2D eigenvalue weighted by atomic mass is 10.3. The maximum atomic E-state index is 10.6. The normalized spacial score (nSPS) is 17.1. The molecule has 4 rings (SSSR count). The second-order valence-corrected chi connectivity index (χ2v) is 9.63. The predicted molar refractivity (Wildman–Crippen MR) is 123 cm³/mol.